The van der Waals surface area contributed by atoms with Crippen LogP contribution in [0.5, 0.6) is 0 Å². The second kappa shape index (κ2) is 1.53. The zero-order valence-electron chi connectivity index (χ0n) is 4.03. The van der Waals surface area contributed by atoms with E-state index in [1.54, 1.807) is 0 Å². The summed E-state index contributed by atoms with van der Waals surface area (Å²) >= 11 is -5.08. The minimum atomic E-state index is -5.08. The Labute approximate surface area is 57.3 Å². The van der Waals surface area contributed by atoms with Crippen molar-refractivity contribution < 1.29 is 12.6 Å². The molecule has 0 aliphatic heterocycles. The Bertz CT molecular complexity index is 69.0. The van der Waals surface area contributed by atoms with Gasteiger partial charge < -0.3 is 0 Å². The molecule has 0 unspecified atom stereocenters. The van der Waals surface area contributed by atoms with Gasteiger partial charge in [0, 0.05) is 0 Å². The van der Waals surface area contributed by atoms with E-state index in [1.165, 1.54) is 0 Å². The van der Waals surface area contributed by atoms with Gasteiger partial charge in [-0.05, 0) is 0 Å². The molecule has 0 spiro atoms. The standard InChI is InChI=1S/2ClH.5H2N.Ru/h2*1H;5*1H2;/q;;5*-1;+6/p-1. The quantitative estimate of drug-likeness (QED) is 0.324. The molecule has 0 aliphatic carbocycles. The Morgan fingerprint density at radius 3 is 0.875 bits per heavy atom. The first kappa shape index (κ1) is 11.8. The topological polar surface area (TPSA) is 130 Å². The van der Waals surface area contributed by atoms with Crippen LogP contribution >= 0.6 is 22.1 Å². The van der Waals surface area contributed by atoms with Crippen LogP contribution in [-0.4, -0.2) is 0 Å². The van der Waals surface area contributed by atoms with Crippen molar-refractivity contribution in [2.75, 3.05) is 0 Å². The molecule has 8 heteroatoms. The van der Waals surface area contributed by atoms with Crippen molar-refractivity contribution in [1.82, 2.24) is 0 Å². The van der Waals surface area contributed by atoms with E-state index in [0.29, 0.717) is 0 Å². The molecule has 0 saturated carbocycles. The molecule has 0 aliphatic rings. The van der Waals surface area contributed by atoms with Gasteiger partial charge in [0.2, 0.25) is 0 Å². The summed E-state index contributed by atoms with van der Waals surface area (Å²) in [6.07, 6.45) is 0. The molecular formula is H11Cl2N5Ru. The van der Waals surface area contributed by atoms with E-state index in [4.69, 9.17) is 32.1 Å². The van der Waals surface area contributed by atoms with Gasteiger partial charge in [-0.1, -0.05) is 0 Å². The summed E-state index contributed by atoms with van der Waals surface area (Å²) in [4.78, 5) is 0. The molecule has 0 fully saturated rings. The first-order chi connectivity index (χ1) is 2.45. The summed E-state index contributed by atoms with van der Waals surface area (Å²) in [5.74, 6) is 0. The van der Waals surface area contributed by atoms with E-state index < -0.39 is 12.6 Å². The predicted octanol–water partition coefficient (Wildman–Crippen LogP) is -1.84. The summed E-state index contributed by atoms with van der Waals surface area (Å²) in [5.41, 5.74) is 0. The third-order valence-corrected chi connectivity index (χ3v) is 0. The fourth-order valence-corrected chi connectivity index (χ4v) is 0. The van der Waals surface area contributed by atoms with Crippen molar-refractivity contribution in [2.24, 2.45) is 22.4 Å². The van der Waals surface area contributed by atoms with Crippen LogP contribution in [-0.2, 0) is 12.6 Å². The van der Waals surface area contributed by atoms with Crippen LogP contribution in [0.2, 0.25) is 0 Å². The van der Waals surface area contributed by atoms with E-state index >= 15 is 0 Å². The zero-order chi connectivity index (χ0) is 6.41. The summed E-state index contributed by atoms with van der Waals surface area (Å²) in [7, 11) is 5.11. The van der Waals surface area contributed by atoms with Gasteiger partial charge in [-0.3, -0.25) is 0 Å². The average molecular weight is 253 g/mol. The molecule has 0 saturated heterocycles. The van der Waals surface area contributed by atoms with Gasteiger partial charge in [-0.2, -0.15) is 0 Å². The van der Waals surface area contributed by atoms with Gasteiger partial charge in [-0.15, -0.1) is 12.4 Å². The maximum atomic E-state index is 5.11. The Morgan fingerprint density at radius 2 is 0.875 bits per heavy atom. The fraction of sp³-hybridized carbons (Fsp3) is 0. The van der Waals surface area contributed by atoms with Gasteiger partial charge in [0.1, 0.15) is 0 Å². The van der Waals surface area contributed by atoms with Crippen molar-refractivity contribution in [3.8, 4) is 0 Å². The Balaban J connectivity index is 0. The molecule has 0 bridgehead atoms. The summed E-state index contributed by atoms with van der Waals surface area (Å²) < 4.78 is 24.5. The van der Waals surface area contributed by atoms with Crippen molar-refractivity contribution in [3.05, 3.63) is 0 Å². The molecule has 10 N–H and O–H groups in total. The first-order valence-electron chi connectivity index (χ1n) is 1.15. The molecule has 0 aromatic rings. The van der Waals surface area contributed by atoms with Crippen LogP contribution in [0.25, 0.3) is 0 Å². The van der Waals surface area contributed by atoms with Gasteiger partial charge in [-0.25, -0.2) is 0 Å². The zero-order valence-corrected chi connectivity index (χ0v) is 7.34. The second-order valence-electron chi connectivity index (χ2n) is 1.56. The normalized spacial score (nSPS) is 20.2. The number of halogens is 2. The molecule has 5 nitrogen and oxygen atoms in total. The van der Waals surface area contributed by atoms with Gasteiger partial charge in [0.05, 0.1) is 0 Å². The van der Waals surface area contributed by atoms with Gasteiger partial charge in [0.25, 0.3) is 0 Å². The monoisotopic (exact) mass is 253 g/mol. The second-order valence-corrected chi connectivity index (χ2v) is 13.8. The molecule has 0 aromatic carbocycles. The van der Waals surface area contributed by atoms with E-state index in [0.717, 1.165) is 0 Å². The molecule has 0 heterocycles. The minimum absolute atomic E-state index is 0. The molecule has 0 atom stereocenters. The Kier molecular flexibility index (Phi) is 2.25. The van der Waals surface area contributed by atoms with Crippen LogP contribution in [0.15, 0.2) is 0 Å². The van der Waals surface area contributed by atoms with Crippen LogP contribution < -0.4 is 22.4 Å². The van der Waals surface area contributed by atoms with E-state index in [1.807, 2.05) is 0 Å². The van der Waals surface area contributed by atoms with E-state index in [2.05, 4.69) is 0 Å². The van der Waals surface area contributed by atoms with Crippen LogP contribution in [0, 0.1) is 0 Å². The van der Waals surface area contributed by atoms with Gasteiger partial charge >= 0.3 is 44.7 Å². The molecule has 8 heavy (non-hydrogen) atoms. The third-order valence-electron chi connectivity index (χ3n) is 0. The van der Waals surface area contributed by atoms with E-state index in [-0.39, 0.29) is 12.4 Å². The molecule has 0 radical (unpaired) electrons. The van der Waals surface area contributed by atoms with Crippen LogP contribution in [0.4, 0.5) is 0 Å². The summed E-state index contributed by atoms with van der Waals surface area (Å²) in [5, 5.41) is 0. The first-order valence-corrected chi connectivity index (χ1v) is 8.41. The molecule has 58 valence electrons. The molecular weight excluding hydrogens is 242 g/mol. The van der Waals surface area contributed by atoms with Crippen LogP contribution in [0.1, 0.15) is 0 Å². The molecule has 0 amide bonds. The molecule has 0 aromatic heterocycles. The van der Waals surface area contributed by atoms with Crippen molar-refractivity contribution >= 4 is 22.1 Å². The fourth-order valence-electron chi connectivity index (χ4n) is 0. The Morgan fingerprint density at radius 1 is 0.875 bits per heavy atom. The van der Waals surface area contributed by atoms with Gasteiger partial charge in [0.15, 0.2) is 0 Å². The number of rotatable bonds is 0. The van der Waals surface area contributed by atoms with Crippen molar-refractivity contribution in [3.63, 3.8) is 0 Å². The number of hydrogen-bond donors (Lipinski definition) is 5. The van der Waals surface area contributed by atoms with E-state index in [9.17, 15) is 0 Å². The SMILES string of the molecule is Cl.[NH2][Ru]([NH2])([NH2])([NH2])([NH2])[Cl]. The van der Waals surface area contributed by atoms with Crippen LogP contribution in [0.3, 0.4) is 0 Å². The summed E-state index contributed by atoms with van der Waals surface area (Å²) in [6.45, 7) is 0. The maximum absolute atomic E-state index is 5.11. The predicted molar refractivity (Wildman–Crippen MR) is 34.0 cm³/mol. The molecule has 0 rings (SSSR count). The third kappa shape index (κ3) is 251. The number of hydrogen-bond acceptors (Lipinski definition) is 5. The Hall–Kier alpha value is 1.00. The van der Waals surface area contributed by atoms with Crippen molar-refractivity contribution in [1.29, 1.82) is 0 Å². The average Bonchev–Trinajstić information content (AvgIpc) is 0.592. The van der Waals surface area contributed by atoms with Crippen molar-refractivity contribution in [2.45, 2.75) is 0 Å². The summed E-state index contributed by atoms with van der Waals surface area (Å²) in [6, 6.07) is 0. The number of nitrogens with two attached hydrogens (primary N) is 5.